The van der Waals surface area contributed by atoms with Crippen LogP contribution in [0.4, 0.5) is 0 Å². The largest absolute Gasteiger partial charge is 0.494 e. The molecule has 0 fully saturated rings. The lowest BCUT2D eigenvalue weighted by Gasteiger charge is -2.07. The van der Waals surface area contributed by atoms with Gasteiger partial charge in [-0.25, -0.2) is 4.98 Å². The van der Waals surface area contributed by atoms with Crippen molar-refractivity contribution in [3.05, 3.63) is 47.7 Å². The monoisotopic (exact) mass is 256 g/mol. The summed E-state index contributed by atoms with van der Waals surface area (Å²) < 4.78 is 5.35. The first-order valence-electron chi connectivity index (χ1n) is 6.47. The summed E-state index contributed by atoms with van der Waals surface area (Å²) in [5, 5.41) is 4.46. The number of hydrogen-bond acceptors (Lipinski definition) is 3. The van der Waals surface area contributed by atoms with Gasteiger partial charge in [0.25, 0.3) is 0 Å². The zero-order chi connectivity index (χ0) is 13.7. The van der Waals surface area contributed by atoms with Crippen LogP contribution in [0.5, 0.6) is 5.75 Å². The predicted molar refractivity (Wildman–Crippen MR) is 79.4 cm³/mol. The lowest BCUT2D eigenvalue weighted by Crippen LogP contribution is -2.14. The Morgan fingerprint density at radius 3 is 2.84 bits per heavy atom. The molecule has 0 bridgehead atoms. The quantitative estimate of drug-likeness (QED) is 0.658. The number of methoxy groups -OCH3 is 1. The second-order valence-corrected chi connectivity index (χ2v) is 4.75. The molecule has 100 valence electrons. The summed E-state index contributed by atoms with van der Waals surface area (Å²) in [6.07, 6.45) is 2.17. The molecule has 2 rings (SSSR count). The molecule has 0 aliphatic rings. The topological polar surface area (TPSA) is 34.1 Å². The number of pyridine rings is 1. The fraction of sp³-hybridized carbons (Fsp3) is 0.312. The second-order valence-electron chi connectivity index (χ2n) is 4.75. The van der Waals surface area contributed by atoms with E-state index in [4.69, 9.17) is 4.74 Å². The van der Waals surface area contributed by atoms with E-state index in [2.05, 4.69) is 42.4 Å². The molecule has 1 aromatic carbocycles. The molecule has 0 aliphatic carbocycles. The number of ether oxygens (including phenoxy) is 1. The third-order valence-corrected chi connectivity index (χ3v) is 2.92. The number of rotatable bonds is 5. The normalized spacial score (nSPS) is 10.5. The van der Waals surface area contributed by atoms with Crippen molar-refractivity contribution in [2.24, 2.45) is 0 Å². The fourth-order valence-electron chi connectivity index (χ4n) is 1.90. The van der Waals surface area contributed by atoms with Gasteiger partial charge in [0, 0.05) is 18.5 Å². The van der Waals surface area contributed by atoms with Crippen LogP contribution >= 0.6 is 0 Å². The molecule has 0 aliphatic heterocycles. The maximum absolute atomic E-state index is 5.35. The van der Waals surface area contributed by atoms with Crippen molar-refractivity contribution in [3.8, 4) is 5.75 Å². The minimum Gasteiger partial charge on any atom is -0.494 e. The van der Waals surface area contributed by atoms with E-state index in [0.29, 0.717) is 0 Å². The Morgan fingerprint density at radius 2 is 2.11 bits per heavy atom. The summed E-state index contributed by atoms with van der Waals surface area (Å²) in [6, 6.07) is 10.1. The van der Waals surface area contributed by atoms with E-state index in [0.717, 1.165) is 35.4 Å². The maximum atomic E-state index is 5.35. The lowest BCUT2D eigenvalue weighted by atomic mass is 10.2. The van der Waals surface area contributed by atoms with Crippen molar-refractivity contribution in [1.29, 1.82) is 0 Å². The minimum absolute atomic E-state index is 0.762. The standard InChI is InChI=1S/C16H20N2O/c1-12(2)9-10-17-11-14-8-7-13-5-4-6-15(19-3)16(13)18-14/h4-9,17H,10-11H2,1-3H3. The third-order valence-electron chi connectivity index (χ3n) is 2.92. The number of fused-ring (bicyclic) bond motifs is 1. The van der Waals surface area contributed by atoms with E-state index < -0.39 is 0 Å². The van der Waals surface area contributed by atoms with E-state index in [1.807, 2.05) is 18.2 Å². The molecule has 0 radical (unpaired) electrons. The van der Waals surface area contributed by atoms with Gasteiger partial charge in [0.2, 0.25) is 0 Å². The number of hydrogen-bond donors (Lipinski definition) is 1. The molecular weight excluding hydrogens is 236 g/mol. The molecule has 1 aromatic heterocycles. The predicted octanol–water partition coefficient (Wildman–Crippen LogP) is 3.30. The number of aromatic nitrogens is 1. The Labute approximate surface area is 114 Å². The molecule has 0 atom stereocenters. The van der Waals surface area contributed by atoms with E-state index in [1.54, 1.807) is 7.11 Å². The van der Waals surface area contributed by atoms with Crippen LogP contribution in [0.3, 0.4) is 0 Å². The summed E-state index contributed by atoms with van der Waals surface area (Å²) >= 11 is 0. The molecule has 3 nitrogen and oxygen atoms in total. The number of nitrogens with zero attached hydrogens (tertiary/aromatic N) is 1. The first kappa shape index (κ1) is 13.6. The highest BCUT2D eigenvalue weighted by Gasteiger charge is 2.03. The van der Waals surface area contributed by atoms with Gasteiger partial charge in [-0.2, -0.15) is 0 Å². The summed E-state index contributed by atoms with van der Waals surface area (Å²) in [5.41, 5.74) is 3.27. The molecule has 19 heavy (non-hydrogen) atoms. The molecular formula is C16H20N2O. The SMILES string of the molecule is COc1cccc2ccc(CNCC=C(C)C)nc12. The Hall–Kier alpha value is -1.87. The second kappa shape index (κ2) is 6.34. The van der Waals surface area contributed by atoms with Gasteiger partial charge < -0.3 is 10.1 Å². The first-order chi connectivity index (χ1) is 9.20. The van der Waals surface area contributed by atoms with Gasteiger partial charge in [0.15, 0.2) is 0 Å². The molecule has 0 saturated heterocycles. The Morgan fingerprint density at radius 1 is 1.26 bits per heavy atom. The van der Waals surface area contributed by atoms with Crippen LogP contribution < -0.4 is 10.1 Å². The summed E-state index contributed by atoms with van der Waals surface area (Å²) in [5.74, 6) is 0.823. The van der Waals surface area contributed by atoms with Crippen LogP contribution in [0.25, 0.3) is 10.9 Å². The molecule has 0 spiro atoms. The van der Waals surface area contributed by atoms with Gasteiger partial charge in [-0.05, 0) is 26.0 Å². The Bertz CT molecular complexity index is 586. The third kappa shape index (κ3) is 3.55. The van der Waals surface area contributed by atoms with Crippen molar-refractivity contribution in [2.45, 2.75) is 20.4 Å². The molecule has 0 amide bonds. The molecule has 0 saturated carbocycles. The summed E-state index contributed by atoms with van der Waals surface area (Å²) in [6.45, 7) is 5.83. The smallest absolute Gasteiger partial charge is 0.145 e. The average molecular weight is 256 g/mol. The van der Waals surface area contributed by atoms with Crippen LogP contribution in [0.1, 0.15) is 19.5 Å². The van der Waals surface area contributed by atoms with E-state index in [1.165, 1.54) is 5.57 Å². The molecule has 3 heteroatoms. The highest BCUT2D eigenvalue weighted by atomic mass is 16.5. The van der Waals surface area contributed by atoms with Crippen molar-refractivity contribution in [2.75, 3.05) is 13.7 Å². The minimum atomic E-state index is 0.762. The number of nitrogens with one attached hydrogen (secondary N) is 1. The lowest BCUT2D eigenvalue weighted by molar-refractivity contribution is 0.419. The van der Waals surface area contributed by atoms with E-state index >= 15 is 0 Å². The van der Waals surface area contributed by atoms with Crippen LogP contribution in [0, 0.1) is 0 Å². The van der Waals surface area contributed by atoms with Crippen LogP contribution in [-0.2, 0) is 6.54 Å². The van der Waals surface area contributed by atoms with Crippen LogP contribution in [0.15, 0.2) is 42.0 Å². The van der Waals surface area contributed by atoms with Crippen molar-refractivity contribution in [1.82, 2.24) is 10.3 Å². The van der Waals surface area contributed by atoms with Gasteiger partial charge >= 0.3 is 0 Å². The first-order valence-corrected chi connectivity index (χ1v) is 6.47. The van der Waals surface area contributed by atoms with Crippen molar-refractivity contribution < 1.29 is 4.74 Å². The fourth-order valence-corrected chi connectivity index (χ4v) is 1.90. The molecule has 2 aromatic rings. The zero-order valence-electron chi connectivity index (χ0n) is 11.7. The summed E-state index contributed by atoms with van der Waals surface area (Å²) in [7, 11) is 1.68. The van der Waals surface area contributed by atoms with E-state index in [9.17, 15) is 0 Å². The number of benzene rings is 1. The van der Waals surface area contributed by atoms with E-state index in [-0.39, 0.29) is 0 Å². The average Bonchev–Trinajstić information content (AvgIpc) is 2.42. The highest BCUT2D eigenvalue weighted by molar-refractivity contribution is 5.84. The Kier molecular flexibility index (Phi) is 4.53. The number of allylic oxidation sites excluding steroid dienone is 1. The summed E-state index contributed by atoms with van der Waals surface area (Å²) in [4.78, 5) is 4.65. The molecule has 0 unspecified atom stereocenters. The van der Waals surface area contributed by atoms with Gasteiger partial charge in [-0.15, -0.1) is 0 Å². The van der Waals surface area contributed by atoms with Gasteiger partial charge in [0.05, 0.1) is 12.8 Å². The van der Waals surface area contributed by atoms with Gasteiger partial charge in [-0.3, -0.25) is 0 Å². The molecule has 1 N–H and O–H groups in total. The van der Waals surface area contributed by atoms with Crippen molar-refractivity contribution >= 4 is 10.9 Å². The maximum Gasteiger partial charge on any atom is 0.145 e. The van der Waals surface area contributed by atoms with Crippen molar-refractivity contribution in [3.63, 3.8) is 0 Å². The molecule has 1 heterocycles. The Balaban J connectivity index is 2.14. The van der Waals surface area contributed by atoms with Gasteiger partial charge in [0.1, 0.15) is 11.3 Å². The zero-order valence-corrected chi connectivity index (χ0v) is 11.7. The van der Waals surface area contributed by atoms with Crippen LogP contribution in [-0.4, -0.2) is 18.6 Å². The van der Waals surface area contributed by atoms with Crippen LogP contribution in [0.2, 0.25) is 0 Å². The highest BCUT2D eigenvalue weighted by Crippen LogP contribution is 2.23. The van der Waals surface area contributed by atoms with Gasteiger partial charge in [-0.1, -0.05) is 29.8 Å². The number of para-hydroxylation sites is 1.